The van der Waals surface area contributed by atoms with Gasteiger partial charge in [0.1, 0.15) is 0 Å². The SMILES string of the molecule is O=S(=O)(c1cc(Cl)c(Cl)cc1Cl)C1(CCCN2CCc3ccccc3C2)CCC1. The summed E-state index contributed by atoms with van der Waals surface area (Å²) in [5, 5.41) is 0.637. The molecule has 2 aliphatic rings. The summed E-state index contributed by atoms with van der Waals surface area (Å²) in [6, 6.07) is 11.4. The number of halogens is 3. The van der Waals surface area contributed by atoms with Crippen molar-refractivity contribution in [2.75, 3.05) is 13.1 Å². The molecule has 0 spiro atoms. The van der Waals surface area contributed by atoms with E-state index in [-0.39, 0.29) is 20.0 Å². The molecular weight excluding hydrogens is 449 g/mol. The maximum atomic E-state index is 13.5. The van der Waals surface area contributed by atoms with Gasteiger partial charge in [-0.15, -0.1) is 0 Å². The van der Waals surface area contributed by atoms with Crippen molar-refractivity contribution in [3.63, 3.8) is 0 Å². The molecule has 0 N–H and O–H groups in total. The van der Waals surface area contributed by atoms with Crippen molar-refractivity contribution in [3.05, 3.63) is 62.6 Å². The highest BCUT2D eigenvalue weighted by Gasteiger charge is 2.49. The highest BCUT2D eigenvalue weighted by atomic mass is 35.5. The van der Waals surface area contributed by atoms with Crippen LogP contribution >= 0.6 is 34.8 Å². The quantitative estimate of drug-likeness (QED) is 0.471. The average molecular weight is 473 g/mol. The first-order chi connectivity index (χ1) is 13.8. The molecule has 0 aromatic heterocycles. The van der Waals surface area contributed by atoms with Gasteiger partial charge in [-0.3, -0.25) is 4.90 Å². The molecule has 2 aromatic carbocycles. The first-order valence-corrected chi connectivity index (χ1v) is 12.6. The van der Waals surface area contributed by atoms with Gasteiger partial charge in [0.05, 0.1) is 24.7 Å². The van der Waals surface area contributed by atoms with E-state index in [9.17, 15) is 8.42 Å². The lowest BCUT2D eigenvalue weighted by Crippen LogP contribution is -2.46. The number of rotatable bonds is 6. The first kappa shape index (κ1) is 21.5. The molecule has 1 aliphatic heterocycles. The molecule has 1 saturated carbocycles. The Morgan fingerprint density at radius 2 is 1.66 bits per heavy atom. The van der Waals surface area contributed by atoms with Gasteiger partial charge in [0, 0.05) is 13.1 Å². The first-order valence-electron chi connectivity index (χ1n) is 10.0. The van der Waals surface area contributed by atoms with Crippen molar-refractivity contribution in [1.29, 1.82) is 0 Å². The molecule has 0 bridgehead atoms. The van der Waals surface area contributed by atoms with Crippen LogP contribution in [-0.4, -0.2) is 31.2 Å². The number of hydrogen-bond donors (Lipinski definition) is 0. The Bertz CT molecular complexity index is 1020. The summed E-state index contributed by atoms with van der Waals surface area (Å²) < 4.78 is 26.2. The second kappa shape index (κ2) is 8.39. The molecule has 0 amide bonds. The van der Waals surface area contributed by atoms with Gasteiger partial charge in [-0.2, -0.15) is 0 Å². The zero-order chi connectivity index (χ0) is 20.6. The Labute approximate surface area is 187 Å². The van der Waals surface area contributed by atoms with E-state index in [2.05, 4.69) is 29.2 Å². The van der Waals surface area contributed by atoms with Crippen molar-refractivity contribution in [3.8, 4) is 0 Å². The third-order valence-corrected chi connectivity index (χ3v) is 10.2. The predicted octanol–water partition coefficient (Wildman–Crippen LogP) is 6.18. The summed E-state index contributed by atoms with van der Waals surface area (Å²) in [5.74, 6) is 0. The fourth-order valence-electron chi connectivity index (χ4n) is 4.54. The molecule has 0 radical (unpaired) electrons. The number of benzene rings is 2. The summed E-state index contributed by atoms with van der Waals surface area (Å²) in [4.78, 5) is 2.54. The Kier molecular flexibility index (Phi) is 6.21. The Morgan fingerprint density at radius 3 is 2.34 bits per heavy atom. The highest BCUT2D eigenvalue weighted by Crippen LogP contribution is 2.48. The van der Waals surface area contributed by atoms with Gasteiger partial charge in [-0.25, -0.2) is 8.42 Å². The van der Waals surface area contributed by atoms with E-state index in [1.807, 2.05) is 0 Å². The minimum atomic E-state index is -3.58. The predicted molar refractivity (Wildman–Crippen MR) is 120 cm³/mol. The minimum absolute atomic E-state index is 0.111. The van der Waals surface area contributed by atoms with Crippen LogP contribution in [0.4, 0.5) is 0 Å². The lowest BCUT2D eigenvalue weighted by atomic mass is 9.81. The number of fused-ring (bicyclic) bond motifs is 1. The molecule has 4 rings (SSSR count). The van der Waals surface area contributed by atoms with Gasteiger partial charge in [-0.05, 0) is 61.9 Å². The number of nitrogens with zero attached hydrogens (tertiary/aromatic N) is 1. The molecule has 1 fully saturated rings. The minimum Gasteiger partial charge on any atom is -0.299 e. The molecule has 156 valence electrons. The van der Waals surface area contributed by atoms with Crippen LogP contribution < -0.4 is 0 Å². The summed E-state index contributed by atoms with van der Waals surface area (Å²) in [6.45, 7) is 2.87. The van der Waals surface area contributed by atoms with Crippen molar-refractivity contribution in [2.45, 2.75) is 54.7 Å². The topological polar surface area (TPSA) is 37.4 Å². The molecule has 1 aliphatic carbocycles. The fourth-order valence-corrected chi connectivity index (χ4v) is 7.75. The molecule has 3 nitrogen and oxygen atoms in total. The molecule has 2 aromatic rings. The number of hydrogen-bond acceptors (Lipinski definition) is 3. The third kappa shape index (κ3) is 4.07. The van der Waals surface area contributed by atoms with Crippen LogP contribution in [0.5, 0.6) is 0 Å². The van der Waals surface area contributed by atoms with Gasteiger partial charge >= 0.3 is 0 Å². The molecule has 7 heteroatoms. The van der Waals surface area contributed by atoms with Crippen LogP contribution in [-0.2, 0) is 22.8 Å². The van der Waals surface area contributed by atoms with E-state index in [0.717, 1.165) is 38.9 Å². The summed E-state index contributed by atoms with van der Waals surface area (Å²) in [7, 11) is -3.58. The van der Waals surface area contributed by atoms with E-state index in [4.69, 9.17) is 34.8 Å². The molecule has 1 heterocycles. The molecule has 29 heavy (non-hydrogen) atoms. The van der Waals surface area contributed by atoms with Crippen molar-refractivity contribution >= 4 is 44.6 Å². The Hall–Kier alpha value is -0.780. The second-order valence-corrected chi connectivity index (χ2v) is 11.7. The van der Waals surface area contributed by atoms with Gasteiger partial charge < -0.3 is 0 Å². The zero-order valence-corrected chi connectivity index (χ0v) is 19.2. The van der Waals surface area contributed by atoms with E-state index in [0.29, 0.717) is 19.3 Å². The van der Waals surface area contributed by atoms with Crippen LogP contribution in [0.2, 0.25) is 15.1 Å². The Morgan fingerprint density at radius 1 is 0.966 bits per heavy atom. The zero-order valence-electron chi connectivity index (χ0n) is 16.1. The standard InChI is InChI=1S/C22H24Cl3NO2S/c23-18-13-20(25)21(14-19(18)24)29(27,28)22(8-3-9-22)10-4-11-26-12-7-16-5-1-2-6-17(16)15-26/h1-2,5-6,13-14H,3-4,7-12,15H2. The fraction of sp³-hybridized carbons (Fsp3) is 0.455. The van der Waals surface area contributed by atoms with Gasteiger partial charge in [0.25, 0.3) is 0 Å². The van der Waals surface area contributed by atoms with Crippen molar-refractivity contribution in [2.24, 2.45) is 0 Å². The molecule has 0 unspecified atom stereocenters. The highest BCUT2D eigenvalue weighted by molar-refractivity contribution is 7.93. The summed E-state index contributed by atoms with van der Waals surface area (Å²) in [5.41, 5.74) is 2.81. The third-order valence-electron chi connectivity index (χ3n) is 6.42. The van der Waals surface area contributed by atoms with Crippen molar-refractivity contribution < 1.29 is 8.42 Å². The Balaban J connectivity index is 1.45. The van der Waals surface area contributed by atoms with Gasteiger partial charge in [0.2, 0.25) is 0 Å². The van der Waals surface area contributed by atoms with Crippen LogP contribution in [0.15, 0.2) is 41.3 Å². The summed E-state index contributed by atoms with van der Waals surface area (Å²) >= 11 is 18.3. The summed E-state index contributed by atoms with van der Waals surface area (Å²) in [6.07, 6.45) is 4.82. The number of sulfone groups is 1. The maximum absolute atomic E-state index is 13.5. The molecular formula is C22H24Cl3NO2S. The van der Waals surface area contributed by atoms with Gasteiger partial charge in [-0.1, -0.05) is 65.5 Å². The lowest BCUT2D eigenvalue weighted by Gasteiger charge is -2.42. The van der Waals surface area contributed by atoms with E-state index in [1.54, 1.807) is 0 Å². The van der Waals surface area contributed by atoms with E-state index >= 15 is 0 Å². The second-order valence-electron chi connectivity index (χ2n) is 8.14. The molecule has 0 saturated heterocycles. The maximum Gasteiger partial charge on any atom is 0.185 e. The smallest absolute Gasteiger partial charge is 0.185 e. The lowest BCUT2D eigenvalue weighted by molar-refractivity contribution is 0.230. The van der Waals surface area contributed by atoms with E-state index in [1.165, 1.54) is 23.3 Å². The van der Waals surface area contributed by atoms with Gasteiger partial charge in [0.15, 0.2) is 9.84 Å². The van der Waals surface area contributed by atoms with Crippen LogP contribution in [0.3, 0.4) is 0 Å². The monoisotopic (exact) mass is 471 g/mol. The largest absolute Gasteiger partial charge is 0.299 e. The van der Waals surface area contributed by atoms with E-state index < -0.39 is 14.6 Å². The van der Waals surface area contributed by atoms with Crippen LogP contribution in [0, 0.1) is 0 Å². The van der Waals surface area contributed by atoms with Crippen LogP contribution in [0.1, 0.15) is 43.2 Å². The average Bonchev–Trinajstić information content (AvgIpc) is 2.66. The van der Waals surface area contributed by atoms with Crippen molar-refractivity contribution in [1.82, 2.24) is 4.90 Å². The van der Waals surface area contributed by atoms with Crippen LogP contribution in [0.25, 0.3) is 0 Å². The normalized spacial score (nSPS) is 18.9. The molecule has 0 atom stereocenters.